The van der Waals surface area contributed by atoms with Gasteiger partial charge in [0, 0.05) is 17.1 Å². The van der Waals surface area contributed by atoms with Crippen LogP contribution in [-0.4, -0.2) is 44.7 Å². The number of nitrogens with one attached hydrogen (secondary N) is 1. The number of rotatable bonds is 8. The number of benzene rings is 2. The predicted octanol–water partition coefficient (Wildman–Crippen LogP) is 3.84. The molecule has 2 unspecified atom stereocenters. The monoisotopic (exact) mass is 390 g/mol. The molecular formula is C21H27ClN2O3. The van der Waals surface area contributed by atoms with Crippen LogP contribution in [0.1, 0.15) is 24.1 Å². The standard InChI is InChI=1S/C21H27ClN2O3/c1-14-12-16(22)10-11-19(14)27-15(2)21(25)23-13-18(24(3)4)17-8-6-7-9-20(17)26-5/h6-12,15,18H,13H2,1-5H3,(H,23,25). The summed E-state index contributed by atoms with van der Waals surface area (Å²) in [7, 11) is 5.59. The minimum atomic E-state index is -0.620. The van der Waals surface area contributed by atoms with E-state index in [1.165, 1.54) is 0 Å². The van der Waals surface area contributed by atoms with E-state index in [1.54, 1.807) is 26.2 Å². The summed E-state index contributed by atoms with van der Waals surface area (Å²) < 4.78 is 11.3. The molecular weight excluding hydrogens is 364 g/mol. The lowest BCUT2D eigenvalue weighted by Gasteiger charge is -2.27. The molecule has 1 amide bonds. The van der Waals surface area contributed by atoms with Gasteiger partial charge in [-0.2, -0.15) is 0 Å². The van der Waals surface area contributed by atoms with Gasteiger partial charge < -0.3 is 19.7 Å². The SMILES string of the molecule is COc1ccccc1C(CNC(=O)C(C)Oc1ccc(Cl)cc1C)N(C)C. The van der Waals surface area contributed by atoms with E-state index in [0.717, 1.165) is 16.9 Å². The van der Waals surface area contributed by atoms with Crippen molar-refractivity contribution in [2.75, 3.05) is 27.7 Å². The molecule has 2 atom stereocenters. The number of aryl methyl sites for hydroxylation is 1. The quantitative estimate of drug-likeness (QED) is 0.744. The summed E-state index contributed by atoms with van der Waals surface area (Å²) in [6, 6.07) is 13.1. The van der Waals surface area contributed by atoms with Crippen LogP contribution < -0.4 is 14.8 Å². The third kappa shape index (κ3) is 5.62. The van der Waals surface area contributed by atoms with Crippen LogP contribution in [0.25, 0.3) is 0 Å². The van der Waals surface area contributed by atoms with Crippen LogP contribution in [0.3, 0.4) is 0 Å². The van der Waals surface area contributed by atoms with Crippen molar-refractivity contribution >= 4 is 17.5 Å². The topological polar surface area (TPSA) is 50.8 Å². The zero-order valence-electron chi connectivity index (χ0n) is 16.5. The van der Waals surface area contributed by atoms with E-state index < -0.39 is 6.10 Å². The second kappa shape index (κ2) is 9.62. The average Bonchev–Trinajstić information content (AvgIpc) is 2.64. The van der Waals surface area contributed by atoms with E-state index in [9.17, 15) is 4.79 Å². The highest BCUT2D eigenvalue weighted by Gasteiger charge is 2.21. The lowest BCUT2D eigenvalue weighted by Crippen LogP contribution is -2.41. The third-order valence-corrected chi connectivity index (χ3v) is 4.64. The second-order valence-corrected chi connectivity index (χ2v) is 7.07. The molecule has 2 aromatic carbocycles. The number of halogens is 1. The van der Waals surface area contributed by atoms with Crippen LogP contribution in [0.2, 0.25) is 5.02 Å². The number of carbonyl (C=O) groups excluding carboxylic acids is 1. The highest BCUT2D eigenvalue weighted by atomic mass is 35.5. The first-order valence-corrected chi connectivity index (χ1v) is 9.21. The fourth-order valence-electron chi connectivity index (χ4n) is 2.84. The number of para-hydroxylation sites is 1. The summed E-state index contributed by atoms with van der Waals surface area (Å²) in [6.45, 7) is 4.08. The molecule has 0 aliphatic heterocycles. The summed E-state index contributed by atoms with van der Waals surface area (Å²) in [5.41, 5.74) is 1.91. The number of nitrogens with zero attached hydrogens (tertiary/aromatic N) is 1. The summed E-state index contributed by atoms with van der Waals surface area (Å²) in [5, 5.41) is 3.62. The molecule has 0 saturated carbocycles. The Morgan fingerprint density at radius 1 is 1.19 bits per heavy atom. The van der Waals surface area contributed by atoms with Crippen LogP contribution >= 0.6 is 11.6 Å². The first-order chi connectivity index (χ1) is 12.8. The first-order valence-electron chi connectivity index (χ1n) is 8.83. The maximum absolute atomic E-state index is 12.5. The highest BCUT2D eigenvalue weighted by molar-refractivity contribution is 6.30. The number of ether oxygens (including phenoxy) is 2. The lowest BCUT2D eigenvalue weighted by molar-refractivity contribution is -0.127. The minimum Gasteiger partial charge on any atom is -0.496 e. The van der Waals surface area contributed by atoms with E-state index in [2.05, 4.69) is 5.32 Å². The fraction of sp³-hybridized carbons (Fsp3) is 0.381. The number of likely N-dealkylation sites (N-methyl/N-ethyl adjacent to an activating group) is 1. The van der Waals surface area contributed by atoms with Crippen molar-refractivity contribution in [2.24, 2.45) is 0 Å². The largest absolute Gasteiger partial charge is 0.496 e. The van der Waals surface area contributed by atoms with E-state index in [-0.39, 0.29) is 11.9 Å². The van der Waals surface area contributed by atoms with E-state index in [4.69, 9.17) is 21.1 Å². The molecule has 0 aliphatic rings. The summed E-state index contributed by atoms with van der Waals surface area (Å²) in [6.07, 6.45) is -0.620. The van der Waals surface area contributed by atoms with Crippen LogP contribution in [0, 0.1) is 6.92 Å². The lowest BCUT2D eigenvalue weighted by atomic mass is 10.0. The Kier molecular flexibility index (Phi) is 7.51. The Balaban J connectivity index is 2.03. The van der Waals surface area contributed by atoms with Gasteiger partial charge in [-0.1, -0.05) is 29.8 Å². The molecule has 0 radical (unpaired) electrons. The third-order valence-electron chi connectivity index (χ3n) is 4.40. The van der Waals surface area contributed by atoms with Crippen molar-refractivity contribution in [2.45, 2.75) is 26.0 Å². The van der Waals surface area contributed by atoms with Gasteiger partial charge in [-0.3, -0.25) is 4.79 Å². The predicted molar refractivity (Wildman–Crippen MR) is 109 cm³/mol. The van der Waals surface area contributed by atoms with Crippen molar-refractivity contribution in [3.8, 4) is 11.5 Å². The molecule has 0 fully saturated rings. The Morgan fingerprint density at radius 2 is 1.89 bits per heavy atom. The number of carbonyl (C=O) groups is 1. The Bertz CT molecular complexity index is 780. The molecule has 0 bridgehead atoms. The molecule has 2 aromatic rings. The molecule has 6 heteroatoms. The molecule has 0 saturated heterocycles. The summed E-state index contributed by atoms with van der Waals surface area (Å²) >= 11 is 5.96. The van der Waals surface area contributed by atoms with Crippen LogP contribution in [0.4, 0.5) is 0 Å². The van der Waals surface area contributed by atoms with Crippen molar-refractivity contribution in [1.29, 1.82) is 0 Å². The van der Waals surface area contributed by atoms with Gasteiger partial charge in [0.1, 0.15) is 11.5 Å². The second-order valence-electron chi connectivity index (χ2n) is 6.64. The molecule has 146 valence electrons. The summed E-state index contributed by atoms with van der Waals surface area (Å²) in [5.74, 6) is 1.27. The van der Waals surface area contributed by atoms with Gasteiger partial charge in [0.2, 0.25) is 0 Å². The zero-order valence-corrected chi connectivity index (χ0v) is 17.2. The molecule has 2 rings (SSSR count). The van der Waals surface area contributed by atoms with E-state index in [0.29, 0.717) is 17.3 Å². The van der Waals surface area contributed by atoms with Gasteiger partial charge in [0.25, 0.3) is 5.91 Å². The fourth-order valence-corrected chi connectivity index (χ4v) is 3.07. The average molecular weight is 391 g/mol. The van der Waals surface area contributed by atoms with Gasteiger partial charge in [-0.05, 0) is 57.8 Å². The maximum Gasteiger partial charge on any atom is 0.260 e. The zero-order chi connectivity index (χ0) is 20.0. The number of hydrogen-bond donors (Lipinski definition) is 1. The van der Waals surface area contributed by atoms with Crippen LogP contribution in [-0.2, 0) is 4.79 Å². The molecule has 0 aliphatic carbocycles. The van der Waals surface area contributed by atoms with Crippen molar-refractivity contribution in [3.63, 3.8) is 0 Å². The van der Waals surface area contributed by atoms with Crippen molar-refractivity contribution < 1.29 is 14.3 Å². The molecule has 27 heavy (non-hydrogen) atoms. The Morgan fingerprint density at radius 3 is 2.52 bits per heavy atom. The first kappa shape index (κ1) is 21.1. The van der Waals surface area contributed by atoms with Gasteiger partial charge in [-0.25, -0.2) is 0 Å². The smallest absolute Gasteiger partial charge is 0.260 e. The van der Waals surface area contributed by atoms with Crippen molar-refractivity contribution in [1.82, 2.24) is 10.2 Å². The molecule has 5 nitrogen and oxygen atoms in total. The number of methoxy groups -OCH3 is 1. The summed E-state index contributed by atoms with van der Waals surface area (Å²) in [4.78, 5) is 14.6. The van der Waals surface area contributed by atoms with Crippen molar-refractivity contribution in [3.05, 3.63) is 58.6 Å². The normalized spacial score (nSPS) is 13.1. The van der Waals surface area contributed by atoms with E-state index >= 15 is 0 Å². The Hall–Kier alpha value is -2.24. The van der Waals surface area contributed by atoms with E-state index in [1.807, 2.05) is 56.3 Å². The van der Waals surface area contributed by atoms with Gasteiger partial charge >= 0.3 is 0 Å². The van der Waals surface area contributed by atoms with Crippen LogP contribution in [0.5, 0.6) is 11.5 Å². The molecule has 0 aromatic heterocycles. The van der Waals surface area contributed by atoms with Gasteiger partial charge in [0.15, 0.2) is 6.10 Å². The molecule has 0 heterocycles. The minimum absolute atomic E-state index is 0.0189. The van der Waals surface area contributed by atoms with Gasteiger partial charge in [-0.15, -0.1) is 0 Å². The van der Waals surface area contributed by atoms with Gasteiger partial charge in [0.05, 0.1) is 13.2 Å². The Labute approximate surface area is 166 Å². The number of hydrogen-bond acceptors (Lipinski definition) is 4. The van der Waals surface area contributed by atoms with Crippen LogP contribution in [0.15, 0.2) is 42.5 Å². The number of amides is 1. The maximum atomic E-state index is 12.5. The highest BCUT2D eigenvalue weighted by Crippen LogP contribution is 2.27. The molecule has 0 spiro atoms. The molecule has 1 N–H and O–H groups in total.